The van der Waals surface area contributed by atoms with Gasteiger partial charge in [-0.05, 0) is 23.8 Å². The van der Waals surface area contributed by atoms with Crippen LogP contribution in [0.4, 0.5) is 0 Å². The summed E-state index contributed by atoms with van der Waals surface area (Å²) in [5, 5.41) is 18.3. The molecule has 0 spiro atoms. The maximum atomic E-state index is 11.9. The van der Waals surface area contributed by atoms with Gasteiger partial charge in [0.15, 0.2) is 0 Å². The SMILES string of the molecule is O=C(O)c1cc(O)ccc1C(=O)OCc1ccccc1. The van der Waals surface area contributed by atoms with Crippen molar-refractivity contribution in [2.75, 3.05) is 0 Å². The molecule has 0 aliphatic carbocycles. The fourth-order valence-corrected chi connectivity index (χ4v) is 1.69. The summed E-state index contributed by atoms with van der Waals surface area (Å²) in [5.74, 6) is -2.26. The first-order valence-electron chi connectivity index (χ1n) is 5.85. The van der Waals surface area contributed by atoms with E-state index < -0.39 is 11.9 Å². The molecule has 2 aromatic rings. The van der Waals surface area contributed by atoms with Gasteiger partial charge in [-0.1, -0.05) is 30.3 Å². The summed E-state index contributed by atoms with van der Waals surface area (Å²) >= 11 is 0. The number of aromatic hydroxyl groups is 1. The zero-order chi connectivity index (χ0) is 14.5. The lowest BCUT2D eigenvalue weighted by atomic mass is 10.1. The van der Waals surface area contributed by atoms with Gasteiger partial charge in [-0.3, -0.25) is 0 Å². The molecule has 20 heavy (non-hydrogen) atoms. The average molecular weight is 272 g/mol. The Balaban J connectivity index is 2.15. The Morgan fingerprint density at radius 2 is 1.70 bits per heavy atom. The number of carboxylic acid groups (broad SMARTS) is 1. The van der Waals surface area contributed by atoms with Crippen LogP contribution in [-0.2, 0) is 11.3 Å². The number of phenols is 1. The van der Waals surface area contributed by atoms with E-state index in [2.05, 4.69) is 0 Å². The van der Waals surface area contributed by atoms with Gasteiger partial charge in [0.1, 0.15) is 12.4 Å². The van der Waals surface area contributed by atoms with Crippen molar-refractivity contribution in [3.63, 3.8) is 0 Å². The third kappa shape index (κ3) is 3.14. The molecule has 0 heterocycles. The second kappa shape index (κ2) is 5.88. The molecule has 0 unspecified atom stereocenters. The molecule has 2 N–H and O–H groups in total. The van der Waals surface area contributed by atoms with E-state index in [9.17, 15) is 14.7 Å². The molecule has 2 aromatic carbocycles. The number of carbonyl (C=O) groups excluding carboxylic acids is 1. The van der Waals surface area contributed by atoms with Crippen molar-refractivity contribution >= 4 is 11.9 Å². The summed E-state index contributed by atoms with van der Waals surface area (Å²) in [5.41, 5.74) is 0.422. The molecule has 0 saturated carbocycles. The van der Waals surface area contributed by atoms with Gasteiger partial charge in [-0.2, -0.15) is 0 Å². The number of hydrogen-bond acceptors (Lipinski definition) is 4. The number of hydrogen-bond donors (Lipinski definition) is 2. The number of aromatic carboxylic acids is 1. The fraction of sp³-hybridized carbons (Fsp3) is 0.0667. The van der Waals surface area contributed by atoms with Crippen LogP contribution in [0.25, 0.3) is 0 Å². The van der Waals surface area contributed by atoms with Crippen LogP contribution >= 0.6 is 0 Å². The summed E-state index contributed by atoms with van der Waals surface area (Å²) in [7, 11) is 0. The number of esters is 1. The van der Waals surface area contributed by atoms with Crippen LogP contribution in [0.2, 0.25) is 0 Å². The van der Waals surface area contributed by atoms with Crippen LogP contribution in [0.5, 0.6) is 5.75 Å². The third-order valence-corrected chi connectivity index (χ3v) is 2.67. The van der Waals surface area contributed by atoms with Crippen molar-refractivity contribution in [3.05, 3.63) is 65.2 Å². The summed E-state index contributed by atoms with van der Waals surface area (Å²) in [6.07, 6.45) is 0. The third-order valence-electron chi connectivity index (χ3n) is 2.67. The van der Waals surface area contributed by atoms with Gasteiger partial charge in [-0.15, -0.1) is 0 Å². The van der Waals surface area contributed by atoms with Crippen LogP contribution in [-0.4, -0.2) is 22.2 Å². The Bertz CT molecular complexity index is 634. The van der Waals surface area contributed by atoms with Crippen LogP contribution in [0.1, 0.15) is 26.3 Å². The Kier molecular flexibility index (Phi) is 4.00. The minimum atomic E-state index is -1.30. The Morgan fingerprint density at radius 1 is 1.00 bits per heavy atom. The maximum absolute atomic E-state index is 11.9. The van der Waals surface area contributed by atoms with E-state index in [1.165, 1.54) is 12.1 Å². The maximum Gasteiger partial charge on any atom is 0.339 e. The van der Waals surface area contributed by atoms with Crippen molar-refractivity contribution < 1.29 is 24.5 Å². The minimum Gasteiger partial charge on any atom is -0.508 e. The van der Waals surface area contributed by atoms with E-state index in [-0.39, 0.29) is 23.5 Å². The van der Waals surface area contributed by atoms with E-state index in [4.69, 9.17) is 9.84 Å². The van der Waals surface area contributed by atoms with Crippen LogP contribution < -0.4 is 0 Å². The Labute approximate surface area is 115 Å². The molecule has 0 bridgehead atoms. The zero-order valence-corrected chi connectivity index (χ0v) is 10.4. The molecule has 0 atom stereocenters. The Morgan fingerprint density at radius 3 is 2.35 bits per heavy atom. The van der Waals surface area contributed by atoms with Crippen LogP contribution in [0.15, 0.2) is 48.5 Å². The quantitative estimate of drug-likeness (QED) is 0.835. The number of rotatable bonds is 4. The molecule has 0 aliphatic heterocycles. The standard InChI is InChI=1S/C15H12O5/c16-11-6-7-12(13(8-11)14(17)18)15(19)20-9-10-4-2-1-3-5-10/h1-8,16H,9H2,(H,17,18). The first-order valence-corrected chi connectivity index (χ1v) is 5.85. The monoisotopic (exact) mass is 272 g/mol. The molecule has 5 heteroatoms. The summed E-state index contributed by atoms with van der Waals surface area (Å²) in [4.78, 5) is 22.9. The highest BCUT2D eigenvalue weighted by atomic mass is 16.5. The molecule has 102 valence electrons. The van der Waals surface area contributed by atoms with Crippen molar-refractivity contribution in [2.45, 2.75) is 6.61 Å². The van der Waals surface area contributed by atoms with Crippen LogP contribution in [0, 0.1) is 0 Å². The van der Waals surface area contributed by atoms with E-state index in [0.29, 0.717) is 0 Å². The largest absolute Gasteiger partial charge is 0.508 e. The highest BCUT2D eigenvalue weighted by Crippen LogP contribution is 2.18. The number of benzene rings is 2. The number of carboxylic acids is 1. The molecule has 5 nitrogen and oxygen atoms in total. The van der Waals surface area contributed by atoms with Crippen molar-refractivity contribution in [1.82, 2.24) is 0 Å². The smallest absolute Gasteiger partial charge is 0.339 e. The first kappa shape index (κ1) is 13.6. The lowest BCUT2D eigenvalue weighted by molar-refractivity contribution is 0.0463. The van der Waals surface area contributed by atoms with E-state index in [1.54, 1.807) is 12.1 Å². The molecule has 0 saturated heterocycles. The van der Waals surface area contributed by atoms with Gasteiger partial charge in [0.05, 0.1) is 11.1 Å². The summed E-state index contributed by atoms with van der Waals surface area (Å²) in [6.45, 7) is 0.0552. The second-order valence-corrected chi connectivity index (χ2v) is 4.10. The van der Waals surface area contributed by atoms with Crippen molar-refractivity contribution in [2.24, 2.45) is 0 Å². The molecule has 2 rings (SSSR count). The topological polar surface area (TPSA) is 83.8 Å². The molecule has 0 radical (unpaired) electrons. The number of ether oxygens (including phenoxy) is 1. The molecule has 0 amide bonds. The zero-order valence-electron chi connectivity index (χ0n) is 10.4. The minimum absolute atomic E-state index is 0.0552. The normalized spacial score (nSPS) is 10.0. The summed E-state index contributed by atoms with van der Waals surface area (Å²) in [6, 6.07) is 12.5. The molecule has 0 aliphatic rings. The second-order valence-electron chi connectivity index (χ2n) is 4.10. The van der Waals surface area contributed by atoms with Crippen molar-refractivity contribution in [1.29, 1.82) is 0 Å². The number of carbonyl (C=O) groups is 2. The predicted molar refractivity (Wildman–Crippen MR) is 70.6 cm³/mol. The van der Waals surface area contributed by atoms with Gasteiger partial charge in [0.2, 0.25) is 0 Å². The molecule has 0 aromatic heterocycles. The number of phenolic OH excluding ortho intramolecular Hbond substituents is 1. The molecular weight excluding hydrogens is 260 g/mol. The molecular formula is C15H12O5. The lowest BCUT2D eigenvalue weighted by Crippen LogP contribution is -2.11. The van der Waals surface area contributed by atoms with E-state index in [0.717, 1.165) is 11.6 Å². The summed E-state index contributed by atoms with van der Waals surface area (Å²) < 4.78 is 5.06. The van der Waals surface area contributed by atoms with Crippen molar-refractivity contribution in [3.8, 4) is 5.75 Å². The lowest BCUT2D eigenvalue weighted by Gasteiger charge is -2.07. The van der Waals surface area contributed by atoms with Crippen LogP contribution in [0.3, 0.4) is 0 Å². The Hall–Kier alpha value is -2.82. The average Bonchev–Trinajstić information content (AvgIpc) is 2.45. The highest BCUT2D eigenvalue weighted by Gasteiger charge is 2.18. The highest BCUT2D eigenvalue weighted by molar-refractivity contribution is 6.02. The van der Waals surface area contributed by atoms with Gasteiger partial charge >= 0.3 is 11.9 Å². The van der Waals surface area contributed by atoms with E-state index >= 15 is 0 Å². The van der Waals surface area contributed by atoms with Gasteiger partial charge in [-0.25, -0.2) is 9.59 Å². The fourth-order valence-electron chi connectivity index (χ4n) is 1.69. The van der Waals surface area contributed by atoms with Gasteiger partial charge < -0.3 is 14.9 Å². The predicted octanol–water partition coefficient (Wildman–Crippen LogP) is 2.45. The van der Waals surface area contributed by atoms with E-state index in [1.807, 2.05) is 18.2 Å². The first-order chi connectivity index (χ1) is 9.58. The molecule has 0 fully saturated rings. The van der Waals surface area contributed by atoms with Gasteiger partial charge in [0, 0.05) is 0 Å². The van der Waals surface area contributed by atoms with Gasteiger partial charge in [0.25, 0.3) is 0 Å².